The number of nitrogens with one attached hydrogen (secondary N) is 1. The summed E-state index contributed by atoms with van der Waals surface area (Å²) in [5.41, 5.74) is 1.66. The van der Waals surface area contributed by atoms with Crippen molar-refractivity contribution in [3.05, 3.63) is 29.6 Å². The summed E-state index contributed by atoms with van der Waals surface area (Å²) in [6, 6.07) is 4.02. The van der Waals surface area contributed by atoms with E-state index < -0.39 is 16.6 Å². The highest BCUT2D eigenvalue weighted by molar-refractivity contribution is 7.84. The number of fused-ring (bicyclic) bond motifs is 1. The molecule has 0 radical (unpaired) electrons. The Bertz CT molecular complexity index is 759. The Hall–Kier alpha value is -1.47. The van der Waals surface area contributed by atoms with Gasteiger partial charge in [0, 0.05) is 25.0 Å². The van der Waals surface area contributed by atoms with E-state index in [1.165, 1.54) is 0 Å². The molecule has 7 heteroatoms. The van der Waals surface area contributed by atoms with E-state index in [2.05, 4.69) is 15.8 Å². The van der Waals surface area contributed by atoms with Crippen LogP contribution in [0, 0.1) is 5.41 Å². The molecule has 2 aliphatic rings. The first-order valence-electron chi connectivity index (χ1n) is 10.0. The van der Waals surface area contributed by atoms with Crippen molar-refractivity contribution in [3.63, 3.8) is 0 Å². The Morgan fingerprint density at radius 3 is 2.46 bits per heavy atom. The first kappa shape index (κ1) is 21.2. The summed E-state index contributed by atoms with van der Waals surface area (Å²) in [7, 11) is -1.18. The van der Waals surface area contributed by atoms with Crippen molar-refractivity contribution in [2.45, 2.75) is 77.2 Å². The van der Waals surface area contributed by atoms with E-state index in [1.807, 2.05) is 53.8 Å². The Kier molecular flexibility index (Phi) is 5.62. The van der Waals surface area contributed by atoms with Crippen LogP contribution in [0.4, 0.5) is 4.79 Å². The molecule has 0 saturated carbocycles. The van der Waals surface area contributed by atoms with Gasteiger partial charge in [-0.25, -0.2) is 13.7 Å². The third-order valence-electron chi connectivity index (χ3n) is 5.56. The molecule has 2 heterocycles. The van der Waals surface area contributed by atoms with E-state index in [4.69, 9.17) is 4.74 Å². The van der Waals surface area contributed by atoms with Crippen molar-refractivity contribution < 1.29 is 13.7 Å². The number of nitrogens with zero attached hydrogens (tertiary/aromatic N) is 2. The van der Waals surface area contributed by atoms with Crippen molar-refractivity contribution in [1.82, 2.24) is 14.6 Å². The van der Waals surface area contributed by atoms with E-state index in [-0.39, 0.29) is 22.3 Å². The molecule has 1 fully saturated rings. The molecule has 1 N–H and O–H groups in total. The summed E-state index contributed by atoms with van der Waals surface area (Å²) < 4.78 is 21.5. The van der Waals surface area contributed by atoms with Crippen molar-refractivity contribution in [1.29, 1.82) is 0 Å². The first-order chi connectivity index (χ1) is 12.9. The van der Waals surface area contributed by atoms with Crippen molar-refractivity contribution >= 4 is 17.1 Å². The molecule has 156 valence electrons. The number of hydrogen-bond donors (Lipinski definition) is 1. The maximum absolute atomic E-state index is 12.9. The molecule has 1 spiro atoms. The first-order valence-corrected chi connectivity index (χ1v) is 11.2. The normalized spacial score (nSPS) is 22.8. The smallest absolute Gasteiger partial charge is 0.410 e. The van der Waals surface area contributed by atoms with Gasteiger partial charge >= 0.3 is 6.09 Å². The third kappa shape index (κ3) is 4.40. The molecule has 1 amide bonds. The van der Waals surface area contributed by atoms with Gasteiger partial charge in [-0.1, -0.05) is 6.07 Å². The van der Waals surface area contributed by atoms with Gasteiger partial charge in [-0.3, -0.25) is 4.98 Å². The SMILES string of the molecule is CC(C)(C)OC(=O)N1CCC2(CC1)Cc1ncccc1C2N[S@@](=O)C(C)(C)C. The van der Waals surface area contributed by atoms with Crippen LogP contribution in [0.1, 0.15) is 71.7 Å². The maximum Gasteiger partial charge on any atom is 0.410 e. The Morgan fingerprint density at radius 2 is 1.89 bits per heavy atom. The number of rotatable bonds is 2. The second-order valence-electron chi connectivity index (χ2n) is 9.98. The third-order valence-corrected chi connectivity index (χ3v) is 7.12. The molecule has 0 bridgehead atoms. The number of carbonyl (C=O) groups is 1. The fraction of sp³-hybridized carbons (Fsp3) is 0.714. The predicted molar refractivity (Wildman–Crippen MR) is 111 cm³/mol. The van der Waals surface area contributed by atoms with Crippen molar-refractivity contribution in [2.24, 2.45) is 5.41 Å². The van der Waals surface area contributed by atoms with Gasteiger partial charge in [-0.05, 0) is 77.8 Å². The molecular weight excluding hydrogens is 374 g/mol. The number of carbonyl (C=O) groups excluding carboxylic acids is 1. The highest BCUT2D eigenvalue weighted by Gasteiger charge is 2.50. The second kappa shape index (κ2) is 7.41. The van der Waals surface area contributed by atoms with Gasteiger partial charge in [-0.15, -0.1) is 0 Å². The van der Waals surface area contributed by atoms with Crippen molar-refractivity contribution in [2.75, 3.05) is 13.1 Å². The second-order valence-corrected chi connectivity index (χ2v) is 12.0. The minimum Gasteiger partial charge on any atom is -0.444 e. The van der Waals surface area contributed by atoms with Gasteiger partial charge in [0.2, 0.25) is 0 Å². The van der Waals surface area contributed by atoms with Crippen LogP contribution in [-0.2, 0) is 22.1 Å². The van der Waals surface area contributed by atoms with E-state index in [1.54, 1.807) is 4.90 Å². The molecule has 1 aliphatic carbocycles. The summed E-state index contributed by atoms with van der Waals surface area (Å²) in [6.07, 6.45) is 4.10. The van der Waals surface area contributed by atoms with Gasteiger partial charge in [0.05, 0.1) is 21.8 Å². The topological polar surface area (TPSA) is 71.5 Å². The van der Waals surface area contributed by atoms with Crippen LogP contribution in [0.5, 0.6) is 0 Å². The maximum atomic E-state index is 12.9. The molecule has 0 aromatic carbocycles. The van der Waals surface area contributed by atoms with Gasteiger partial charge in [0.15, 0.2) is 0 Å². The average molecular weight is 408 g/mol. The van der Waals surface area contributed by atoms with Gasteiger partial charge in [-0.2, -0.15) is 0 Å². The minimum absolute atomic E-state index is 0.0166. The molecule has 2 atom stereocenters. The largest absolute Gasteiger partial charge is 0.444 e. The van der Waals surface area contributed by atoms with Crippen molar-refractivity contribution in [3.8, 4) is 0 Å². The van der Waals surface area contributed by atoms with E-state index in [9.17, 15) is 9.00 Å². The lowest BCUT2D eigenvalue weighted by molar-refractivity contribution is 0.00719. The summed E-state index contributed by atoms with van der Waals surface area (Å²) in [6.45, 7) is 12.9. The van der Waals surface area contributed by atoms with Crippen LogP contribution >= 0.6 is 0 Å². The van der Waals surface area contributed by atoms with Crippen LogP contribution in [0.3, 0.4) is 0 Å². The molecule has 1 aromatic rings. The van der Waals surface area contributed by atoms with Gasteiger partial charge < -0.3 is 9.64 Å². The highest BCUT2D eigenvalue weighted by atomic mass is 32.2. The van der Waals surface area contributed by atoms with Crippen LogP contribution in [0.25, 0.3) is 0 Å². The summed E-state index contributed by atoms with van der Waals surface area (Å²) in [4.78, 5) is 18.8. The highest BCUT2D eigenvalue weighted by Crippen LogP contribution is 2.51. The van der Waals surface area contributed by atoms with Crippen LogP contribution in [0.15, 0.2) is 18.3 Å². The Balaban J connectivity index is 1.79. The number of amides is 1. The zero-order valence-corrected chi connectivity index (χ0v) is 18.7. The summed E-state index contributed by atoms with van der Waals surface area (Å²) >= 11 is 0. The molecule has 28 heavy (non-hydrogen) atoms. The monoisotopic (exact) mass is 407 g/mol. The van der Waals surface area contributed by atoms with E-state index in [0.29, 0.717) is 13.1 Å². The van der Waals surface area contributed by atoms with Gasteiger partial charge in [0.1, 0.15) is 5.60 Å². The molecule has 3 rings (SSSR count). The number of ether oxygens (including phenoxy) is 1. The quantitative estimate of drug-likeness (QED) is 0.810. The molecule has 1 unspecified atom stereocenters. The lowest BCUT2D eigenvalue weighted by Gasteiger charge is -2.43. The zero-order chi connectivity index (χ0) is 20.7. The van der Waals surface area contributed by atoms with Gasteiger partial charge in [0.25, 0.3) is 0 Å². The number of aromatic nitrogens is 1. The molecule has 6 nitrogen and oxygen atoms in total. The van der Waals surface area contributed by atoms with Crippen LogP contribution < -0.4 is 4.72 Å². The lowest BCUT2D eigenvalue weighted by atomic mass is 9.73. The van der Waals surface area contributed by atoms with E-state index in [0.717, 1.165) is 30.5 Å². The fourth-order valence-electron chi connectivity index (χ4n) is 4.03. The number of likely N-dealkylation sites (tertiary alicyclic amines) is 1. The van der Waals surface area contributed by atoms with Crippen LogP contribution in [0.2, 0.25) is 0 Å². The molecule has 1 aromatic heterocycles. The predicted octanol–water partition coefficient (Wildman–Crippen LogP) is 3.75. The molecule has 1 saturated heterocycles. The number of pyridine rings is 1. The van der Waals surface area contributed by atoms with E-state index >= 15 is 0 Å². The Morgan fingerprint density at radius 1 is 1.25 bits per heavy atom. The Labute approximate surface area is 171 Å². The minimum atomic E-state index is -1.18. The van der Waals surface area contributed by atoms with Crippen LogP contribution in [-0.4, -0.2) is 43.6 Å². The summed E-state index contributed by atoms with van der Waals surface area (Å²) in [5, 5.41) is 0. The molecular formula is C21H33N3O3S. The number of hydrogen-bond acceptors (Lipinski definition) is 4. The molecule has 1 aliphatic heterocycles. The average Bonchev–Trinajstić information content (AvgIpc) is 2.86. The standard InChI is InChI=1S/C21H33N3O3S/c1-19(2,3)27-18(25)24-12-9-21(10-13-24)14-16-15(8-7-11-22-16)17(21)23-28(26)20(4,5)6/h7-8,11,17,23H,9-10,12-14H2,1-6H3/t17?,28-/m0/s1. The fourth-order valence-corrected chi connectivity index (χ4v) is 4.97. The zero-order valence-electron chi connectivity index (χ0n) is 17.9. The lowest BCUT2D eigenvalue weighted by Crippen LogP contribution is -2.49. The number of piperidine rings is 1. The summed E-state index contributed by atoms with van der Waals surface area (Å²) in [5.74, 6) is 0.